The second-order valence-corrected chi connectivity index (χ2v) is 4.18. The number of aliphatic hydroxyl groups is 1. The van der Waals surface area contributed by atoms with Crippen LogP contribution in [-0.4, -0.2) is 42.3 Å². The zero-order valence-corrected chi connectivity index (χ0v) is 9.41. The first kappa shape index (κ1) is 12.4. The van der Waals surface area contributed by atoms with Crippen molar-refractivity contribution in [1.82, 2.24) is 0 Å². The molecular formula is C10H18O5. The lowest BCUT2D eigenvalue weighted by atomic mass is 10.0. The summed E-state index contributed by atoms with van der Waals surface area (Å²) in [6.07, 6.45) is -0.100. The molecule has 0 spiro atoms. The van der Waals surface area contributed by atoms with Crippen LogP contribution in [0.3, 0.4) is 0 Å². The molecule has 1 N–H and O–H groups in total. The van der Waals surface area contributed by atoms with Crippen LogP contribution in [0.5, 0.6) is 0 Å². The van der Waals surface area contributed by atoms with Gasteiger partial charge >= 0.3 is 5.97 Å². The van der Waals surface area contributed by atoms with Crippen molar-refractivity contribution in [1.29, 1.82) is 0 Å². The molecule has 5 heteroatoms. The van der Waals surface area contributed by atoms with Gasteiger partial charge in [0.2, 0.25) is 0 Å². The van der Waals surface area contributed by atoms with Crippen LogP contribution >= 0.6 is 0 Å². The quantitative estimate of drug-likeness (QED) is 0.697. The average Bonchev–Trinajstić information content (AvgIpc) is 2.12. The summed E-state index contributed by atoms with van der Waals surface area (Å²) in [5.41, 5.74) is -1.26. The fourth-order valence-electron chi connectivity index (χ4n) is 1.28. The molecule has 0 atom stereocenters. The fraction of sp³-hybridized carbons (Fsp3) is 0.900. The summed E-state index contributed by atoms with van der Waals surface area (Å²) < 4.78 is 15.3. The molecule has 0 aromatic rings. The number of hydrogen-bond acceptors (Lipinski definition) is 5. The van der Waals surface area contributed by atoms with Gasteiger partial charge in [-0.15, -0.1) is 0 Å². The highest BCUT2D eigenvalue weighted by Gasteiger charge is 2.40. The Labute approximate surface area is 89.3 Å². The maximum absolute atomic E-state index is 11.2. The zero-order valence-electron chi connectivity index (χ0n) is 9.41. The second kappa shape index (κ2) is 4.47. The van der Waals surface area contributed by atoms with Gasteiger partial charge in [-0.25, -0.2) is 0 Å². The molecule has 0 amide bonds. The Hall–Kier alpha value is -0.650. The predicted octanol–water partition coefficient (Wildman–Crippen LogP) is 0.454. The monoisotopic (exact) mass is 218 g/mol. The van der Waals surface area contributed by atoms with E-state index in [1.54, 1.807) is 20.8 Å². The third kappa shape index (κ3) is 3.77. The van der Waals surface area contributed by atoms with E-state index in [4.69, 9.17) is 14.2 Å². The van der Waals surface area contributed by atoms with Crippen molar-refractivity contribution in [2.24, 2.45) is 0 Å². The van der Waals surface area contributed by atoms with Gasteiger partial charge in [0.15, 0.2) is 5.79 Å². The summed E-state index contributed by atoms with van der Waals surface area (Å²) in [5, 5.41) is 9.95. The van der Waals surface area contributed by atoms with Crippen molar-refractivity contribution in [3.05, 3.63) is 0 Å². The molecule has 1 rings (SSSR count). The summed E-state index contributed by atoms with van der Waals surface area (Å²) in [4.78, 5) is 11.2. The fourth-order valence-corrected chi connectivity index (χ4v) is 1.28. The number of ether oxygens (including phenoxy) is 3. The molecule has 1 aliphatic heterocycles. The first-order chi connectivity index (χ1) is 6.87. The van der Waals surface area contributed by atoms with E-state index in [0.717, 1.165) is 0 Å². The first-order valence-electron chi connectivity index (χ1n) is 5.03. The van der Waals surface area contributed by atoms with Gasteiger partial charge in [-0.1, -0.05) is 0 Å². The van der Waals surface area contributed by atoms with Crippen LogP contribution in [0.15, 0.2) is 0 Å². The Morgan fingerprint density at radius 2 is 1.93 bits per heavy atom. The number of esters is 1. The highest BCUT2D eigenvalue weighted by atomic mass is 16.7. The molecular weight excluding hydrogens is 200 g/mol. The van der Waals surface area contributed by atoms with Gasteiger partial charge in [-0.05, 0) is 20.8 Å². The van der Waals surface area contributed by atoms with Gasteiger partial charge in [0.05, 0.1) is 26.2 Å². The molecule has 1 saturated heterocycles. The van der Waals surface area contributed by atoms with Crippen molar-refractivity contribution in [2.75, 3.05) is 19.8 Å². The molecule has 15 heavy (non-hydrogen) atoms. The largest absolute Gasteiger partial charge is 0.466 e. The molecule has 0 aliphatic carbocycles. The Balaban J connectivity index is 2.44. The molecule has 1 heterocycles. The van der Waals surface area contributed by atoms with E-state index in [2.05, 4.69) is 0 Å². The standard InChI is InChI=1S/C10H18O5/c1-4-13-8(11)5-10(12)6-14-9(2,3)15-7-10/h12H,4-7H2,1-3H3. The minimum absolute atomic E-state index is 0.0822. The van der Waals surface area contributed by atoms with Crippen molar-refractivity contribution < 1.29 is 24.1 Å². The number of hydrogen-bond donors (Lipinski definition) is 1. The van der Waals surface area contributed by atoms with E-state index in [-0.39, 0.29) is 19.6 Å². The summed E-state index contributed by atoms with van der Waals surface area (Å²) in [6.45, 7) is 5.71. The van der Waals surface area contributed by atoms with Crippen molar-refractivity contribution in [3.63, 3.8) is 0 Å². The summed E-state index contributed by atoms with van der Waals surface area (Å²) >= 11 is 0. The lowest BCUT2D eigenvalue weighted by Crippen LogP contribution is -2.52. The van der Waals surface area contributed by atoms with Crippen molar-refractivity contribution >= 4 is 5.97 Å². The third-order valence-corrected chi connectivity index (χ3v) is 2.16. The molecule has 0 aromatic carbocycles. The van der Waals surface area contributed by atoms with E-state index < -0.39 is 17.4 Å². The number of carbonyl (C=O) groups is 1. The van der Waals surface area contributed by atoms with E-state index in [1.807, 2.05) is 0 Å². The van der Waals surface area contributed by atoms with Gasteiger partial charge in [-0.3, -0.25) is 4.79 Å². The molecule has 1 aliphatic rings. The smallest absolute Gasteiger partial charge is 0.308 e. The minimum atomic E-state index is -1.26. The maximum Gasteiger partial charge on any atom is 0.308 e. The lowest BCUT2D eigenvalue weighted by Gasteiger charge is -2.39. The number of rotatable bonds is 3. The summed E-state index contributed by atoms with van der Waals surface area (Å²) in [7, 11) is 0. The van der Waals surface area contributed by atoms with Gasteiger partial charge < -0.3 is 19.3 Å². The highest BCUT2D eigenvalue weighted by Crippen LogP contribution is 2.25. The predicted molar refractivity (Wildman–Crippen MR) is 52.2 cm³/mol. The Morgan fingerprint density at radius 1 is 1.40 bits per heavy atom. The molecule has 5 nitrogen and oxygen atoms in total. The lowest BCUT2D eigenvalue weighted by molar-refractivity contribution is -0.301. The number of carbonyl (C=O) groups excluding carboxylic acids is 1. The van der Waals surface area contributed by atoms with E-state index in [1.165, 1.54) is 0 Å². The van der Waals surface area contributed by atoms with Crippen LogP contribution in [0.4, 0.5) is 0 Å². The highest BCUT2D eigenvalue weighted by molar-refractivity contribution is 5.70. The van der Waals surface area contributed by atoms with E-state index in [9.17, 15) is 9.90 Å². The minimum Gasteiger partial charge on any atom is -0.466 e. The molecule has 0 bridgehead atoms. The molecule has 0 unspecified atom stereocenters. The molecule has 0 radical (unpaired) electrons. The zero-order chi connectivity index (χ0) is 11.5. The van der Waals surface area contributed by atoms with E-state index >= 15 is 0 Å². The van der Waals surface area contributed by atoms with Gasteiger partial charge in [-0.2, -0.15) is 0 Å². The van der Waals surface area contributed by atoms with Crippen LogP contribution in [0, 0.1) is 0 Å². The maximum atomic E-state index is 11.2. The normalized spacial score (nSPS) is 23.5. The molecule has 1 fully saturated rings. The second-order valence-electron chi connectivity index (χ2n) is 4.18. The van der Waals surface area contributed by atoms with E-state index in [0.29, 0.717) is 6.61 Å². The van der Waals surface area contributed by atoms with Crippen LogP contribution < -0.4 is 0 Å². The summed E-state index contributed by atoms with van der Waals surface area (Å²) in [5.74, 6) is -1.13. The average molecular weight is 218 g/mol. The molecule has 0 saturated carbocycles. The van der Waals surface area contributed by atoms with Gasteiger partial charge in [0.1, 0.15) is 5.60 Å². The van der Waals surface area contributed by atoms with Gasteiger partial charge in [0, 0.05) is 0 Å². The Kier molecular flexibility index (Phi) is 3.70. The van der Waals surface area contributed by atoms with Crippen molar-refractivity contribution in [2.45, 2.75) is 38.6 Å². The molecule has 88 valence electrons. The van der Waals surface area contributed by atoms with Crippen LogP contribution in [0.25, 0.3) is 0 Å². The Bertz CT molecular complexity index is 226. The Morgan fingerprint density at radius 3 is 2.40 bits per heavy atom. The van der Waals surface area contributed by atoms with Crippen LogP contribution in [-0.2, 0) is 19.0 Å². The SMILES string of the molecule is CCOC(=O)CC1(O)COC(C)(C)OC1. The third-order valence-electron chi connectivity index (χ3n) is 2.16. The van der Waals surface area contributed by atoms with Crippen LogP contribution in [0.1, 0.15) is 27.2 Å². The topological polar surface area (TPSA) is 65.0 Å². The summed E-state index contributed by atoms with van der Waals surface area (Å²) in [6, 6.07) is 0. The van der Waals surface area contributed by atoms with Crippen molar-refractivity contribution in [3.8, 4) is 0 Å². The van der Waals surface area contributed by atoms with Gasteiger partial charge in [0.25, 0.3) is 0 Å². The molecule has 0 aromatic heterocycles. The first-order valence-corrected chi connectivity index (χ1v) is 5.03. The van der Waals surface area contributed by atoms with Crippen LogP contribution in [0.2, 0.25) is 0 Å².